The molecule has 0 unspecified atom stereocenters. The smallest absolute Gasteiger partial charge is 0.264 e. The number of rotatable bonds is 6. The first-order valence-corrected chi connectivity index (χ1v) is 8.82. The number of hydrogen-bond donors (Lipinski definition) is 1. The molecular weight excluding hydrogens is 344 g/mol. The maximum atomic E-state index is 12.5. The minimum absolute atomic E-state index is 0.0410. The number of aryl methyl sites for hydroxylation is 1. The van der Waals surface area contributed by atoms with E-state index in [1.807, 2.05) is 13.0 Å². The Kier molecular flexibility index (Phi) is 5.78. The highest BCUT2D eigenvalue weighted by atomic mass is 32.2. The predicted octanol–water partition coefficient (Wildman–Crippen LogP) is 2.44. The van der Waals surface area contributed by atoms with Crippen molar-refractivity contribution in [3.63, 3.8) is 0 Å². The fraction of sp³-hybridized carbons (Fsp3) is 0.235. The summed E-state index contributed by atoms with van der Waals surface area (Å²) in [6.07, 6.45) is 0. The fourth-order valence-corrected chi connectivity index (χ4v) is 3.18. The van der Waals surface area contributed by atoms with Gasteiger partial charge in [-0.1, -0.05) is 16.6 Å². The molecule has 2 aromatic carbocycles. The van der Waals surface area contributed by atoms with Crippen molar-refractivity contribution in [1.82, 2.24) is 4.47 Å². The van der Waals surface area contributed by atoms with Gasteiger partial charge in [0.2, 0.25) is 0 Å². The van der Waals surface area contributed by atoms with Crippen LogP contribution in [0.2, 0.25) is 0 Å². The van der Waals surface area contributed by atoms with E-state index in [1.54, 1.807) is 12.1 Å². The van der Waals surface area contributed by atoms with Gasteiger partial charge in [-0.05, 0) is 42.8 Å². The Morgan fingerprint density at radius 2 is 1.84 bits per heavy atom. The van der Waals surface area contributed by atoms with Crippen LogP contribution in [0.3, 0.4) is 0 Å². The number of hydroxylamine groups is 1. The predicted molar refractivity (Wildman–Crippen MR) is 94.1 cm³/mol. The standard InChI is InChI=1S/C17H20N2O5S/c1-12-8-9-16(23-3)15(10-12)18-17(20)13-6-5-7-14(11-13)25(21,22)19(2)24-4/h5-11H,1-4H3,(H,18,20). The molecule has 0 aromatic heterocycles. The molecule has 25 heavy (non-hydrogen) atoms. The van der Waals surface area contributed by atoms with Crippen LogP contribution in [0, 0.1) is 6.92 Å². The monoisotopic (exact) mass is 364 g/mol. The number of nitrogens with one attached hydrogen (secondary N) is 1. The molecule has 0 aliphatic carbocycles. The highest BCUT2D eigenvalue weighted by Gasteiger charge is 2.22. The van der Waals surface area contributed by atoms with Crippen LogP contribution >= 0.6 is 0 Å². The number of benzene rings is 2. The summed E-state index contributed by atoms with van der Waals surface area (Å²) in [5.74, 6) is 0.0721. The van der Waals surface area contributed by atoms with E-state index in [2.05, 4.69) is 5.32 Å². The number of anilines is 1. The molecule has 0 spiro atoms. The zero-order valence-electron chi connectivity index (χ0n) is 14.4. The summed E-state index contributed by atoms with van der Waals surface area (Å²) in [4.78, 5) is 17.2. The van der Waals surface area contributed by atoms with E-state index in [-0.39, 0.29) is 10.5 Å². The fourth-order valence-electron chi connectivity index (χ4n) is 2.16. The number of methoxy groups -OCH3 is 1. The molecule has 134 valence electrons. The first-order chi connectivity index (χ1) is 11.8. The van der Waals surface area contributed by atoms with Gasteiger partial charge < -0.3 is 10.1 Å². The first-order valence-electron chi connectivity index (χ1n) is 7.38. The summed E-state index contributed by atoms with van der Waals surface area (Å²) in [5.41, 5.74) is 1.66. The van der Waals surface area contributed by atoms with E-state index in [0.717, 1.165) is 10.0 Å². The maximum Gasteiger partial charge on any atom is 0.264 e. The Labute approximate surface area is 147 Å². The van der Waals surface area contributed by atoms with Gasteiger partial charge in [-0.2, -0.15) is 0 Å². The molecule has 0 fully saturated rings. The summed E-state index contributed by atoms with van der Waals surface area (Å²) in [6.45, 7) is 1.89. The molecule has 0 saturated heterocycles. The minimum atomic E-state index is -3.83. The van der Waals surface area contributed by atoms with Gasteiger partial charge >= 0.3 is 0 Å². The lowest BCUT2D eigenvalue weighted by molar-refractivity contribution is -0.0258. The quantitative estimate of drug-likeness (QED) is 0.796. The van der Waals surface area contributed by atoms with Crippen LogP contribution in [0.25, 0.3) is 0 Å². The number of hydrogen-bond acceptors (Lipinski definition) is 5. The van der Waals surface area contributed by atoms with Crippen molar-refractivity contribution in [2.45, 2.75) is 11.8 Å². The van der Waals surface area contributed by atoms with E-state index < -0.39 is 15.9 Å². The average Bonchev–Trinajstić information content (AvgIpc) is 2.61. The summed E-state index contributed by atoms with van der Waals surface area (Å²) < 4.78 is 30.5. The Balaban J connectivity index is 2.33. The topological polar surface area (TPSA) is 84.9 Å². The molecule has 0 atom stereocenters. The number of carbonyl (C=O) groups excluding carboxylic acids is 1. The summed E-state index contributed by atoms with van der Waals surface area (Å²) >= 11 is 0. The van der Waals surface area contributed by atoms with Crippen molar-refractivity contribution >= 4 is 21.6 Å². The van der Waals surface area contributed by atoms with Crippen molar-refractivity contribution in [2.24, 2.45) is 0 Å². The molecule has 0 heterocycles. The van der Waals surface area contributed by atoms with Crippen LogP contribution in [0.1, 0.15) is 15.9 Å². The van der Waals surface area contributed by atoms with E-state index in [4.69, 9.17) is 9.57 Å². The van der Waals surface area contributed by atoms with Gasteiger partial charge in [0.1, 0.15) is 5.75 Å². The van der Waals surface area contributed by atoms with Gasteiger partial charge in [-0.15, -0.1) is 0 Å². The van der Waals surface area contributed by atoms with Crippen LogP contribution in [0.5, 0.6) is 5.75 Å². The summed E-state index contributed by atoms with van der Waals surface area (Å²) in [7, 11) is 0.203. The van der Waals surface area contributed by atoms with E-state index >= 15 is 0 Å². The molecule has 0 saturated carbocycles. The second-order valence-electron chi connectivity index (χ2n) is 5.28. The Hall–Kier alpha value is -2.42. The molecule has 0 aliphatic heterocycles. The van der Waals surface area contributed by atoms with Gasteiger partial charge in [-0.25, -0.2) is 8.42 Å². The van der Waals surface area contributed by atoms with Crippen LogP contribution in [-0.2, 0) is 14.9 Å². The Bertz CT molecular complexity index is 880. The third-order valence-electron chi connectivity index (χ3n) is 3.59. The van der Waals surface area contributed by atoms with Crippen LogP contribution in [-0.4, -0.2) is 40.1 Å². The van der Waals surface area contributed by atoms with Crippen LogP contribution in [0.15, 0.2) is 47.4 Å². The number of carbonyl (C=O) groups is 1. The second-order valence-corrected chi connectivity index (χ2v) is 7.22. The van der Waals surface area contributed by atoms with Crippen LogP contribution < -0.4 is 10.1 Å². The SMILES string of the molecule is COc1ccc(C)cc1NC(=O)c1cccc(S(=O)(=O)N(C)OC)c1. The summed E-state index contributed by atoms with van der Waals surface area (Å²) in [6, 6.07) is 11.1. The van der Waals surface area contributed by atoms with Crippen molar-refractivity contribution in [1.29, 1.82) is 0 Å². The zero-order valence-corrected chi connectivity index (χ0v) is 15.3. The third-order valence-corrected chi connectivity index (χ3v) is 5.27. The third kappa shape index (κ3) is 4.16. The molecule has 0 bridgehead atoms. The van der Waals surface area contributed by atoms with E-state index in [9.17, 15) is 13.2 Å². The van der Waals surface area contributed by atoms with Gasteiger partial charge in [0.05, 0.1) is 24.8 Å². The van der Waals surface area contributed by atoms with E-state index in [0.29, 0.717) is 11.4 Å². The van der Waals surface area contributed by atoms with Gasteiger partial charge in [0.25, 0.3) is 15.9 Å². The molecule has 7 nitrogen and oxygen atoms in total. The largest absolute Gasteiger partial charge is 0.495 e. The highest BCUT2D eigenvalue weighted by Crippen LogP contribution is 2.26. The van der Waals surface area contributed by atoms with Crippen LogP contribution in [0.4, 0.5) is 5.69 Å². The number of amides is 1. The number of ether oxygens (including phenoxy) is 1. The normalized spacial score (nSPS) is 11.4. The molecule has 2 aromatic rings. The molecule has 8 heteroatoms. The molecule has 1 N–H and O–H groups in total. The van der Waals surface area contributed by atoms with E-state index in [1.165, 1.54) is 45.5 Å². The number of nitrogens with zero attached hydrogens (tertiary/aromatic N) is 1. The highest BCUT2D eigenvalue weighted by molar-refractivity contribution is 7.89. The molecule has 1 amide bonds. The van der Waals surface area contributed by atoms with Gasteiger partial charge in [0, 0.05) is 12.6 Å². The maximum absolute atomic E-state index is 12.5. The molecule has 0 radical (unpaired) electrons. The van der Waals surface area contributed by atoms with Crippen molar-refractivity contribution in [3.05, 3.63) is 53.6 Å². The van der Waals surface area contributed by atoms with Crippen molar-refractivity contribution in [3.8, 4) is 5.75 Å². The lowest BCUT2D eigenvalue weighted by Gasteiger charge is -2.15. The number of sulfonamides is 1. The lowest BCUT2D eigenvalue weighted by atomic mass is 10.1. The lowest BCUT2D eigenvalue weighted by Crippen LogP contribution is -2.26. The minimum Gasteiger partial charge on any atom is -0.495 e. The molecule has 2 rings (SSSR count). The Morgan fingerprint density at radius 3 is 2.48 bits per heavy atom. The van der Waals surface area contributed by atoms with Crippen molar-refractivity contribution in [2.75, 3.05) is 26.6 Å². The first kappa shape index (κ1) is 18.9. The van der Waals surface area contributed by atoms with Gasteiger partial charge in [-0.3, -0.25) is 9.63 Å². The zero-order chi connectivity index (χ0) is 18.6. The second kappa shape index (κ2) is 7.64. The molecule has 0 aliphatic rings. The van der Waals surface area contributed by atoms with Crippen molar-refractivity contribution < 1.29 is 22.8 Å². The van der Waals surface area contributed by atoms with Gasteiger partial charge in [0.15, 0.2) is 0 Å². The molecular formula is C17H20N2O5S. The Morgan fingerprint density at radius 1 is 1.12 bits per heavy atom. The summed E-state index contributed by atoms with van der Waals surface area (Å²) in [5, 5.41) is 2.74. The average molecular weight is 364 g/mol.